The van der Waals surface area contributed by atoms with Gasteiger partial charge in [-0.15, -0.1) is 0 Å². The number of aromatic nitrogens is 2. The van der Waals surface area contributed by atoms with E-state index in [1.165, 1.54) is 0 Å². The molecule has 90 valence electrons. The molecule has 1 N–H and O–H groups in total. The minimum atomic E-state index is -0.0511. The molecule has 0 aliphatic rings. The Hall–Kier alpha value is -1.52. The van der Waals surface area contributed by atoms with E-state index in [4.69, 9.17) is 0 Å². The molecule has 3 aromatic rings. The first kappa shape index (κ1) is 11.6. The van der Waals surface area contributed by atoms with Crippen molar-refractivity contribution < 1.29 is 5.11 Å². The molecular weight excluding hydrogens is 292 g/mol. The minimum Gasteiger partial charge on any atom is -0.390 e. The van der Waals surface area contributed by atoms with E-state index in [-0.39, 0.29) is 6.61 Å². The topological polar surface area (TPSA) is 46.0 Å². The predicted molar refractivity (Wildman–Crippen MR) is 75.6 cm³/mol. The van der Waals surface area contributed by atoms with Gasteiger partial charge < -0.3 is 5.11 Å². The Morgan fingerprint density at radius 2 is 1.33 bits per heavy atom. The number of hydrogen-bond donors (Lipinski definition) is 1. The maximum absolute atomic E-state index is 9.18. The lowest BCUT2D eigenvalue weighted by atomic mass is 10.1. The van der Waals surface area contributed by atoms with Crippen molar-refractivity contribution in [2.24, 2.45) is 0 Å². The third kappa shape index (κ3) is 1.87. The second-order valence-electron chi connectivity index (χ2n) is 4.11. The van der Waals surface area contributed by atoms with Gasteiger partial charge in [0.15, 0.2) is 0 Å². The molecule has 0 atom stereocenters. The molecule has 1 aromatic carbocycles. The molecule has 0 amide bonds. The normalized spacial score (nSPS) is 11.2. The van der Waals surface area contributed by atoms with Gasteiger partial charge in [-0.3, -0.25) is 0 Å². The Morgan fingerprint density at radius 1 is 0.833 bits per heavy atom. The van der Waals surface area contributed by atoms with Crippen LogP contribution < -0.4 is 0 Å². The Bertz CT molecular complexity index is 665. The SMILES string of the molecule is OCc1ccc2ccc3ccc(CBr)nc3c2n1. The molecule has 0 saturated heterocycles. The molecule has 0 bridgehead atoms. The Labute approximate surface area is 113 Å². The predicted octanol–water partition coefficient (Wildman–Crippen LogP) is 3.17. The van der Waals surface area contributed by atoms with Crippen molar-refractivity contribution in [1.82, 2.24) is 9.97 Å². The summed E-state index contributed by atoms with van der Waals surface area (Å²) < 4.78 is 0. The fraction of sp³-hybridized carbons (Fsp3) is 0.143. The van der Waals surface area contributed by atoms with E-state index in [1.54, 1.807) is 0 Å². The first-order chi connectivity index (χ1) is 8.81. The highest BCUT2D eigenvalue weighted by atomic mass is 79.9. The summed E-state index contributed by atoms with van der Waals surface area (Å²) in [4.78, 5) is 9.08. The van der Waals surface area contributed by atoms with E-state index in [0.717, 1.165) is 32.8 Å². The lowest BCUT2D eigenvalue weighted by Crippen LogP contribution is -1.93. The number of aliphatic hydroxyl groups is 1. The third-order valence-electron chi connectivity index (χ3n) is 2.93. The van der Waals surface area contributed by atoms with Crippen molar-refractivity contribution in [3.63, 3.8) is 0 Å². The Balaban J connectivity index is 2.40. The van der Waals surface area contributed by atoms with Crippen LogP contribution in [0, 0.1) is 0 Å². The Morgan fingerprint density at radius 3 is 1.89 bits per heavy atom. The quantitative estimate of drug-likeness (QED) is 0.584. The summed E-state index contributed by atoms with van der Waals surface area (Å²) >= 11 is 3.41. The van der Waals surface area contributed by atoms with Crippen LogP contribution >= 0.6 is 15.9 Å². The average Bonchev–Trinajstić information content (AvgIpc) is 2.45. The fourth-order valence-corrected chi connectivity index (χ4v) is 2.32. The maximum atomic E-state index is 9.18. The van der Waals surface area contributed by atoms with E-state index in [1.807, 2.05) is 36.4 Å². The van der Waals surface area contributed by atoms with Crippen LogP contribution in [0.1, 0.15) is 11.4 Å². The largest absolute Gasteiger partial charge is 0.390 e. The highest BCUT2D eigenvalue weighted by Crippen LogP contribution is 2.23. The molecule has 0 spiro atoms. The number of aliphatic hydroxyl groups excluding tert-OH is 1. The van der Waals surface area contributed by atoms with Crippen LogP contribution in [0.15, 0.2) is 36.4 Å². The highest BCUT2D eigenvalue weighted by molar-refractivity contribution is 9.08. The van der Waals surface area contributed by atoms with E-state index >= 15 is 0 Å². The molecule has 2 aromatic heterocycles. The van der Waals surface area contributed by atoms with Gasteiger partial charge in [-0.05, 0) is 12.1 Å². The number of hydrogen-bond acceptors (Lipinski definition) is 3. The zero-order valence-corrected chi connectivity index (χ0v) is 11.2. The van der Waals surface area contributed by atoms with Crippen molar-refractivity contribution in [2.45, 2.75) is 11.9 Å². The summed E-state index contributed by atoms with van der Waals surface area (Å²) in [5.74, 6) is 0. The monoisotopic (exact) mass is 302 g/mol. The average molecular weight is 303 g/mol. The van der Waals surface area contributed by atoms with Gasteiger partial charge in [0.1, 0.15) is 0 Å². The van der Waals surface area contributed by atoms with Crippen molar-refractivity contribution in [3.8, 4) is 0 Å². The molecule has 0 radical (unpaired) electrons. The second kappa shape index (κ2) is 4.63. The van der Waals surface area contributed by atoms with Crippen molar-refractivity contribution in [1.29, 1.82) is 0 Å². The van der Waals surface area contributed by atoms with Gasteiger partial charge >= 0.3 is 0 Å². The summed E-state index contributed by atoms with van der Waals surface area (Å²) in [7, 11) is 0. The summed E-state index contributed by atoms with van der Waals surface area (Å²) in [5, 5.41) is 12.0. The minimum absolute atomic E-state index is 0.0511. The number of nitrogens with zero attached hydrogens (tertiary/aromatic N) is 2. The fourth-order valence-electron chi connectivity index (χ4n) is 2.01. The van der Waals surface area contributed by atoms with Gasteiger partial charge in [0.2, 0.25) is 0 Å². The van der Waals surface area contributed by atoms with Gasteiger partial charge in [-0.25, -0.2) is 9.97 Å². The molecule has 0 saturated carbocycles. The molecule has 18 heavy (non-hydrogen) atoms. The Kier molecular flexibility index (Phi) is 2.97. The number of halogens is 1. The van der Waals surface area contributed by atoms with Crippen LogP contribution in [0.2, 0.25) is 0 Å². The van der Waals surface area contributed by atoms with Crippen molar-refractivity contribution in [3.05, 3.63) is 47.8 Å². The van der Waals surface area contributed by atoms with E-state index in [0.29, 0.717) is 5.69 Å². The molecule has 2 heterocycles. The lowest BCUT2D eigenvalue weighted by molar-refractivity contribution is 0.277. The maximum Gasteiger partial charge on any atom is 0.0969 e. The summed E-state index contributed by atoms with van der Waals surface area (Å²) in [6, 6.07) is 11.9. The molecule has 0 aliphatic heterocycles. The van der Waals surface area contributed by atoms with E-state index < -0.39 is 0 Å². The van der Waals surface area contributed by atoms with Gasteiger partial charge in [-0.2, -0.15) is 0 Å². The molecule has 4 heteroatoms. The third-order valence-corrected chi connectivity index (χ3v) is 3.51. The van der Waals surface area contributed by atoms with Crippen LogP contribution in [-0.2, 0) is 11.9 Å². The van der Waals surface area contributed by atoms with Gasteiger partial charge in [-0.1, -0.05) is 40.2 Å². The van der Waals surface area contributed by atoms with Crippen molar-refractivity contribution >= 4 is 37.7 Å². The first-order valence-corrected chi connectivity index (χ1v) is 6.79. The summed E-state index contributed by atoms with van der Waals surface area (Å²) in [6.07, 6.45) is 0. The molecule has 3 rings (SSSR count). The van der Waals surface area contributed by atoms with Gasteiger partial charge in [0, 0.05) is 16.1 Å². The summed E-state index contributed by atoms with van der Waals surface area (Å²) in [5.41, 5.74) is 3.38. The lowest BCUT2D eigenvalue weighted by Gasteiger charge is -2.05. The van der Waals surface area contributed by atoms with E-state index in [2.05, 4.69) is 25.9 Å². The second-order valence-corrected chi connectivity index (χ2v) is 4.67. The molecule has 3 nitrogen and oxygen atoms in total. The molecular formula is C14H11BrN2O. The van der Waals surface area contributed by atoms with Crippen molar-refractivity contribution in [2.75, 3.05) is 0 Å². The summed E-state index contributed by atoms with van der Waals surface area (Å²) in [6.45, 7) is -0.0511. The van der Waals surface area contributed by atoms with Crippen LogP contribution in [0.3, 0.4) is 0 Å². The molecule has 0 aliphatic carbocycles. The standard InChI is InChI=1S/C14H11BrN2O/c15-7-11-5-3-9-1-2-10-4-6-12(8-18)17-14(10)13(9)16-11/h1-6,18H,7-8H2. The first-order valence-electron chi connectivity index (χ1n) is 5.67. The van der Waals surface area contributed by atoms with E-state index in [9.17, 15) is 5.11 Å². The van der Waals surface area contributed by atoms with Crippen LogP contribution in [0.25, 0.3) is 21.8 Å². The number of pyridine rings is 2. The van der Waals surface area contributed by atoms with Crippen LogP contribution in [0.5, 0.6) is 0 Å². The number of benzene rings is 1. The van der Waals surface area contributed by atoms with Crippen LogP contribution in [-0.4, -0.2) is 15.1 Å². The number of rotatable bonds is 2. The molecule has 0 fully saturated rings. The van der Waals surface area contributed by atoms with Crippen LogP contribution in [0.4, 0.5) is 0 Å². The number of alkyl halides is 1. The van der Waals surface area contributed by atoms with Gasteiger partial charge in [0.25, 0.3) is 0 Å². The number of fused-ring (bicyclic) bond motifs is 3. The smallest absolute Gasteiger partial charge is 0.0969 e. The zero-order valence-electron chi connectivity index (χ0n) is 9.60. The van der Waals surface area contributed by atoms with Gasteiger partial charge in [0.05, 0.1) is 29.0 Å². The molecule has 0 unspecified atom stereocenters. The highest BCUT2D eigenvalue weighted by Gasteiger charge is 2.05. The zero-order chi connectivity index (χ0) is 12.5.